The lowest BCUT2D eigenvalue weighted by atomic mass is 10.0. The van der Waals surface area contributed by atoms with E-state index in [9.17, 15) is 0 Å². The Morgan fingerprint density at radius 3 is 1.67 bits per heavy atom. The van der Waals surface area contributed by atoms with Gasteiger partial charge in [0.2, 0.25) is 0 Å². The van der Waals surface area contributed by atoms with Gasteiger partial charge in [-0.15, -0.1) is 0 Å². The first kappa shape index (κ1) is 24.4. The largest absolute Gasteiger partial charge is 0.179 e. The molecule has 1 unspecified atom stereocenters. The maximum atomic E-state index is 4.77. The highest BCUT2D eigenvalue weighted by Gasteiger charge is 2.02. The van der Waals surface area contributed by atoms with E-state index in [4.69, 9.17) is 12.6 Å². The van der Waals surface area contributed by atoms with Gasteiger partial charge in [-0.3, -0.25) is 0 Å². The summed E-state index contributed by atoms with van der Waals surface area (Å²) in [5, 5.41) is 0.635. The summed E-state index contributed by atoms with van der Waals surface area (Å²) in [6, 6.07) is 0. The minimum atomic E-state index is 0.635. The van der Waals surface area contributed by atoms with Crippen molar-refractivity contribution in [2.75, 3.05) is 5.75 Å². The molecule has 0 aromatic heterocycles. The molecule has 2 heteroatoms. The van der Waals surface area contributed by atoms with E-state index in [0.717, 1.165) is 5.75 Å². The summed E-state index contributed by atoms with van der Waals surface area (Å²) in [4.78, 5) is 0. The molecule has 144 valence electrons. The van der Waals surface area contributed by atoms with Crippen molar-refractivity contribution in [3.63, 3.8) is 0 Å². The first-order chi connectivity index (χ1) is 11.8. The summed E-state index contributed by atoms with van der Waals surface area (Å²) in [5.41, 5.74) is 0. The van der Waals surface area contributed by atoms with Gasteiger partial charge in [0.25, 0.3) is 0 Å². The molecule has 0 spiro atoms. The summed E-state index contributed by atoms with van der Waals surface area (Å²) >= 11 is 9.01. The Hall–Kier alpha value is 0.440. The lowest BCUT2D eigenvalue weighted by Gasteiger charge is -2.10. The van der Waals surface area contributed by atoms with Crippen LogP contribution in [0, 0.1) is 0 Å². The van der Waals surface area contributed by atoms with E-state index in [1.165, 1.54) is 109 Å². The number of thiol groups is 2. The molecule has 0 amide bonds. The smallest absolute Gasteiger partial charge is 0.00168 e. The second kappa shape index (κ2) is 21.5. The molecule has 0 aliphatic carbocycles. The van der Waals surface area contributed by atoms with Crippen LogP contribution in [0.2, 0.25) is 0 Å². The van der Waals surface area contributed by atoms with Crippen LogP contribution in [0.3, 0.4) is 0 Å². The molecule has 0 rings (SSSR count). The average molecular weight is 373 g/mol. The van der Waals surface area contributed by atoms with E-state index in [-0.39, 0.29) is 0 Å². The normalized spacial score (nSPS) is 13.0. The molecule has 0 aliphatic heterocycles. The van der Waals surface area contributed by atoms with E-state index < -0.39 is 0 Å². The Labute approximate surface area is 164 Å². The third kappa shape index (κ3) is 20.5. The quantitative estimate of drug-likeness (QED) is 0.127. The molecule has 0 aromatic rings. The van der Waals surface area contributed by atoms with Crippen molar-refractivity contribution in [1.82, 2.24) is 0 Å². The Balaban J connectivity index is 3.20. The van der Waals surface area contributed by atoms with Gasteiger partial charge in [0.15, 0.2) is 0 Å². The summed E-state index contributed by atoms with van der Waals surface area (Å²) in [7, 11) is 0. The zero-order valence-corrected chi connectivity index (χ0v) is 18.1. The molecule has 0 fully saturated rings. The summed E-state index contributed by atoms with van der Waals surface area (Å²) in [5.74, 6) is 1.04. The van der Waals surface area contributed by atoms with Crippen molar-refractivity contribution >= 4 is 25.3 Å². The Kier molecular flexibility index (Phi) is 21.9. The van der Waals surface area contributed by atoms with E-state index >= 15 is 0 Å². The number of hydrogen-bond acceptors (Lipinski definition) is 2. The maximum absolute atomic E-state index is 4.77. The van der Waals surface area contributed by atoms with E-state index in [1.54, 1.807) is 0 Å². The van der Waals surface area contributed by atoms with Gasteiger partial charge in [0.05, 0.1) is 0 Å². The van der Waals surface area contributed by atoms with Gasteiger partial charge in [0.1, 0.15) is 0 Å². The van der Waals surface area contributed by atoms with Crippen LogP contribution in [0.1, 0.15) is 116 Å². The molecule has 0 nitrogen and oxygen atoms in total. The zero-order chi connectivity index (χ0) is 17.7. The predicted octanol–water partition coefficient (Wildman–Crippen LogP) is 8.42. The van der Waals surface area contributed by atoms with Crippen LogP contribution >= 0.6 is 25.3 Å². The Morgan fingerprint density at radius 1 is 0.625 bits per heavy atom. The lowest BCUT2D eigenvalue weighted by molar-refractivity contribution is 0.547. The van der Waals surface area contributed by atoms with Crippen LogP contribution in [0.25, 0.3) is 0 Å². The molecule has 0 heterocycles. The summed E-state index contributed by atoms with van der Waals surface area (Å²) in [6.07, 6.45) is 27.8. The third-order valence-electron chi connectivity index (χ3n) is 4.74. The number of unbranched alkanes of at least 4 members (excludes halogenated alkanes) is 12. The minimum absolute atomic E-state index is 0.635. The summed E-state index contributed by atoms with van der Waals surface area (Å²) in [6.45, 7) is 2.29. The zero-order valence-electron chi connectivity index (χ0n) is 16.4. The van der Waals surface area contributed by atoms with Crippen LogP contribution in [-0.4, -0.2) is 11.0 Å². The van der Waals surface area contributed by atoms with Crippen LogP contribution in [0.5, 0.6) is 0 Å². The minimum Gasteiger partial charge on any atom is -0.179 e. The van der Waals surface area contributed by atoms with Crippen molar-refractivity contribution in [3.8, 4) is 0 Å². The van der Waals surface area contributed by atoms with Crippen molar-refractivity contribution < 1.29 is 0 Å². The molecule has 0 saturated carbocycles. The molecular weight excluding hydrogens is 328 g/mol. The van der Waals surface area contributed by atoms with E-state index in [2.05, 4.69) is 31.7 Å². The highest BCUT2D eigenvalue weighted by atomic mass is 32.1. The second-order valence-corrected chi connectivity index (χ2v) is 8.42. The van der Waals surface area contributed by atoms with Crippen molar-refractivity contribution in [3.05, 3.63) is 12.2 Å². The topological polar surface area (TPSA) is 0 Å². The average Bonchev–Trinajstić information content (AvgIpc) is 2.59. The molecule has 0 aromatic carbocycles. The van der Waals surface area contributed by atoms with E-state index in [1.807, 2.05) is 0 Å². The monoisotopic (exact) mass is 372 g/mol. The lowest BCUT2D eigenvalue weighted by Crippen LogP contribution is -1.98. The Morgan fingerprint density at radius 2 is 1.08 bits per heavy atom. The highest BCUT2D eigenvalue weighted by Crippen LogP contribution is 2.17. The fourth-order valence-electron chi connectivity index (χ4n) is 3.09. The van der Waals surface area contributed by atoms with Crippen LogP contribution in [0.4, 0.5) is 0 Å². The first-order valence-electron chi connectivity index (χ1n) is 10.7. The molecule has 0 saturated heterocycles. The first-order valence-corrected chi connectivity index (χ1v) is 11.9. The molecule has 0 N–H and O–H groups in total. The van der Waals surface area contributed by atoms with Gasteiger partial charge in [-0.2, -0.15) is 25.3 Å². The standard InChI is InChI=1S/C22H44S2/c1-2-3-4-5-6-10-13-16-19-22(24)20-17-14-11-8-7-9-12-15-18-21-23/h7-8,22-24H,2-6,9-21H2,1H3. The number of hydrogen-bond donors (Lipinski definition) is 2. The summed E-state index contributed by atoms with van der Waals surface area (Å²) < 4.78 is 0. The third-order valence-corrected chi connectivity index (χ3v) is 5.58. The molecule has 0 bridgehead atoms. The molecular formula is C22H44S2. The number of rotatable bonds is 19. The molecule has 0 radical (unpaired) electrons. The van der Waals surface area contributed by atoms with Gasteiger partial charge >= 0.3 is 0 Å². The molecule has 0 aliphatic rings. The number of allylic oxidation sites excluding steroid dienone is 2. The van der Waals surface area contributed by atoms with Crippen LogP contribution in [0.15, 0.2) is 12.2 Å². The highest BCUT2D eigenvalue weighted by molar-refractivity contribution is 7.81. The molecule has 1 atom stereocenters. The Bertz CT molecular complexity index is 250. The molecule has 24 heavy (non-hydrogen) atoms. The fourth-order valence-corrected chi connectivity index (χ4v) is 3.68. The fraction of sp³-hybridized carbons (Fsp3) is 0.909. The van der Waals surface area contributed by atoms with Crippen molar-refractivity contribution in [2.24, 2.45) is 0 Å². The van der Waals surface area contributed by atoms with Gasteiger partial charge < -0.3 is 0 Å². The van der Waals surface area contributed by atoms with Crippen LogP contribution in [-0.2, 0) is 0 Å². The van der Waals surface area contributed by atoms with Gasteiger partial charge in [0, 0.05) is 5.25 Å². The van der Waals surface area contributed by atoms with Gasteiger partial charge in [-0.25, -0.2) is 0 Å². The van der Waals surface area contributed by atoms with Crippen molar-refractivity contribution in [2.45, 2.75) is 121 Å². The van der Waals surface area contributed by atoms with Gasteiger partial charge in [-0.1, -0.05) is 83.3 Å². The second-order valence-electron chi connectivity index (χ2n) is 7.25. The van der Waals surface area contributed by atoms with Gasteiger partial charge in [-0.05, 0) is 50.7 Å². The predicted molar refractivity (Wildman–Crippen MR) is 120 cm³/mol. The van der Waals surface area contributed by atoms with E-state index in [0.29, 0.717) is 5.25 Å². The van der Waals surface area contributed by atoms with Crippen molar-refractivity contribution in [1.29, 1.82) is 0 Å². The van der Waals surface area contributed by atoms with Crippen LogP contribution < -0.4 is 0 Å². The maximum Gasteiger partial charge on any atom is 0.00168 e. The SMILES string of the molecule is CCCCCCCCCCC(S)CCCCC=CCCCCCS.